The zero-order valence-electron chi connectivity index (χ0n) is 21.6. The summed E-state index contributed by atoms with van der Waals surface area (Å²) >= 11 is 6.33. The highest BCUT2D eigenvalue weighted by Crippen LogP contribution is 2.52. The Labute approximate surface area is 227 Å². The summed E-state index contributed by atoms with van der Waals surface area (Å²) in [6.07, 6.45) is 6.69. The van der Waals surface area contributed by atoms with E-state index >= 15 is 0 Å². The molecule has 2 aliphatic rings. The van der Waals surface area contributed by atoms with Crippen LogP contribution in [0.4, 0.5) is 5.69 Å². The third-order valence-corrected chi connectivity index (χ3v) is 8.14. The van der Waals surface area contributed by atoms with Crippen molar-refractivity contribution in [3.63, 3.8) is 0 Å². The van der Waals surface area contributed by atoms with Gasteiger partial charge in [0.1, 0.15) is 17.1 Å². The van der Waals surface area contributed by atoms with Crippen molar-refractivity contribution in [2.45, 2.75) is 31.3 Å². The topological polar surface area (TPSA) is 59.4 Å². The number of halogens is 1. The van der Waals surface area contributed by atoms with Crippen molar-refractivity contribution in [1.29, 1.82) is 0 Å². The standard InChI is InChI=1S/C31H29ClN4O2/c1-30(2)24-11-7-8-12-26(24)35-18-16-28(37)33-31(30,35)17-15-22-20-36(23-9-5-4-6-10-23)34-29(22)21-13-14-25(32)27(19-21)38-3/h4-15,17,19-20H,16,18H2,1-3H3,(H,33,37)/b17-15+/t31-/m1/s1. The van der Waals surface area contributed by atoms with Crippen LogP contribution in [-0.2, 0) is 10.2 Å². The number of nitrogens with one attached hydrogen (secondary N) is 1. The number of amides is 1. The van der Waals surface area contributed by atoms with Crippen LogP contribution in [0, 0.1) is 0 Å². The van der Waals surface area contributed by atoms with E-state index in [1.54, 1.807) is 7.11 Å². The van der Waals surface area contributed by atoms with Gasteiger partial charge in [-0.2, -0.15) is 5.10 Å². The Balaban J connectivity index is 1.51. The maximum absolute atomic E-state index is 12.8. The Bertz CT molecular complexity index is 1560. The van der Waals surface area contributed by atoms with Crippen LogP contribution in [0.2, 0.25) is 5.02 Å². The molecule has 0 saturated carbocycles. The number of carbonyl (C=O) groups excluding carboxylic acids is 1. The lowest BCUT2D eigenvalue weighted by atomic mass is 9.74. The van der Waals surface area contributed by atoms with Crippen molar-refractivity contribution >= 4 is 29.3 Å². The fraction of sp³-hybridized carbons (Fsp3) is 0.226. The predicted molar refractivity (Wildman–Crippen MR) is 152 cm³/mol. The van der Waals surface area contributed by atoms with E-state index in [-0.39, 0.29) is 11.3 Å². The molecule has 0 aliphatic carbocycles. The number of benzene rings is 3. The number of rotatable bonds is 5. The molecule has 7 heteroatoms. The molecule has 192 valence electrons. The second-order valence-electron chi connectivity index (χ2n) is 10.3. The van der Waals surface area contributed by atoms with Gasteiger partial charge in [0, 0.05) is 41.4 Å². The molecule has 4 aromatic rings. The molecule has 1 N–H and O–H groups in total. The van der Waals surface area contributed by atoms with Crippen LogP contribution in [0.15, 0.2) is 85.1 Å². The monoisotopic (exact) mass is 524 g/mol. The van der Waals surface area contributed by atoms with E-state index in [9.17, 15) is 4.79 Å². The molecule has 38 heavy (non-hydrogen) atoms. The summed E-state index contributed by atoms with van der Waals surface area (Å²) in [4.78, 5) is 15.2. The quantitative estimate of drug-likeness (QED) is 0.336. The molecule has 0 spiro atoms. The molecule has 0 radical (unpaired) electrons. The lowest BCUT2D eigenvalue weighted by molar-refractivity contribution is -0.124. The fourth-order valence-electron chi connectivity index (χ4n) is 5.78. The van der Waals surface area contributed by atoms with Crippen LogP contribution < -0.4 is 15.0 Å². The van der Waals surface area contributed by atoms with Crippen molar-refractivity contribution in [2.75, 3.05) is 18.6 Å². The summed E-state index contributed by atoms with van der Waals surface area (Å²) in [5.74, 6) is 0.638. The number of anilines is 1. The molecule has 6 rings (SSSR count). The third kappa shape index (κ3) is 3.71. The van der Waals surface area contributed by atoms with Gasteiger partial charge in [-0.05, 0) is 42.0 Å². The van der Waals surface area contributed by atoms with E-state index in [2.05, 4.69) is 60.5 Å². The largest absolute Gasteiger partial charge is 0.495 e. The first-order chi connectivity index (χ1) is 18.3. The van der Waals surface area contributed by atoms with E-state index < -0.39 is 5.66 Å². The van der Waals surface area contributed by atoms with Crippen LogP contribution in [0.5, 0.6) is 5.75 Å². The zero-order chi connectivity index (χ0) is 26.5. The second kappa shape index (κ2) is 9.07. The average Bonchev–Trinajstić information content (AvgIpc) is 3.44. The minimum absolute atomic E-state index is 0.0504. The first kappa shape index (κ1) is 24.3. The summed E-state index contributed by atoms with van der Waals surface area (Å²) in [5, 5.41) is 8.86. The van der Waals surface area contributed by atoms with Gasteiger partial charge in [0.25, 0.3) is 0 Å². The van der Waals surface area contributed by atoms with E-state index in [0.29, 0.717) is 23.7 Å². The Morgan fingerprint density at radius 1 is 1.05 bits per heavy atom. The number of methoxy groups -OCH3 is 1. The third-order valence-electron chi connectivity index (χ3n) is 7.83. The number of hydrogen-bond acceptors (Lipinski definition) is 4. The molecule has 1 fully saturated rings. The highest BCUT2D eigenvalue weighted by molar-refractivity contribution is 6.32. The normalized spacial score (nSPS) is 19.8. The maximum Gasteiger partial charge on any atom is 0.223 e. The number of fused-ring (bicyclic) bond motifs is 3. The molecular weight excluding hydrogens is 496 g/mol. The SMILES string of the molecule is COc1cc(-c2nn(-c3ccccc3)cc2/C=C/[C@@]23NC(=O)CCN2c2ccccc2C3(C)C)ccc1Cl. The van der Waals surface area contributed by atoms with E-state index in [4.69, 9.17) is 21.4 Å². The molecule has 1 aromatic heterocycles. The number of para-hydroxylation sites is 2. The van der Waals surface area contributed by atoms with E-state index in [1.165, 1.54) is 5.56 Å². The molecule has 3 heterocycles. The summed E-state index contributed by atoms with van der Waals surface area (Å²) in [6, 6.07) is 24.1. The van der Waals surface area contributed by atoms with Gasteiger partial charge in [-0.1, -0.05) is 74.0 Å². The number of hydrogen-bond donors (Lipinski definition) is 1. The summed E-state index contributed by atoms with van der Waals surface area (Å²) in [6.45, 7) is 5.04. The van der Waals surface area contributed by atoms with Crippen LogP contribution >= 0.6 is 11.6 Å². The first-order valence-electron chi connectivity index (χ1n) is 12.7. The Morgan fingerprint density at radius 2 is 1.82 bits per heavy atom. The molecule has 3 aromatic carbocycles. The summed E-state index contributed by atoms with van der Waals surface area (Å²) < 4.78 is 7.36. The maximum atomic E-state index is 12.8. The number of ether oxygens (including phenoxy) is 1. The first-order valence-corrected chi connectivity index (χ1v) is 13.1. The van der Waals surface area contributed by atoms with Crippen LogP contribution in [0.3, 0.4) is 0 Å². The highest BCUT2D eigenvalue weighted by Gasteiger charge is 2.57. The van der Waals surface area contributed by atoms with Gasteiger partial charge in [-0.25, -0.2) is 4.68 Å². The minimum Gasteiger partial charge on any atom is -0.495 e. The molecular formula is C31H29ClN4O2. The number of aromatic nitrogens is 2. The van der Waals surface area contributed by atoms with Gasteiger partial charge in [-0.3, -0.25) is 4.79 Å². The van der Waals surface area contributed by atoms with Crippen molar-refractivity contribution in [2.24, 2.45) is 0 Å². The predicted octanol–water partition coefficient (Wildman–Crippen LogP) is 6.23. The van der Waals surface area contributed by atoms with Crippen LogP contribution in [-0.4, -0.2) is 35.0 Å². The summed E-state index contributed by atoms with van der Waals surface area (Å²) in [5.41, 5.74) is 4.84. The molecule has 2 aliphatic heterocycles. The number of nitrogens with zero attached hydrogens (tertiary/aromatic N) is 3. The molecule has 0 unspecified atom stereocenters. The summed E-state index contributed by atoms with van der Waals surface area (Å²) in [7, 11) is 1.60. The molecule has 1 atom stereocenters. The van der Waals surface area contributed by atoms with Gasteiger partial charge in [-0.15, -0.1) is 0 Å². The lowest BCUT2D eigenvalue weighted by Gasteiger charge is -2.49. The van der Waals surface area contributed by atoms with Gasteiger partial charge in [0.05, 0.1) is 17.8 Å². The Kier molecular flexibility index (Phi) is 5.80. The number of carbonyl (C=O) groups is 1. The van der Waals surface area contributed by atoms with Crippen LogP contribution in [0.1, 0.15) is 31.4 Å². The Morgan fingerprint density at radius 3 is 2.61 bits per heavy atom. The fourth-order valence-corrected chi connectivity index (χ4v) is 5.98. The molecule has 6 nitrogen and oxygen atoms in total. The van der Waals surface area contributed by atoms with Crippen molar-refractivity contribution in [3.05, 3.63) is 101 Å². The van der Waals surface area contributed by atoms with Gasteiger partial charge >= 0.3 is 0 Å². The molecule has 0 bridgehead atoms. The molecule has 1 saturated heterocycles. The average molecular weight is 525 g/mol. The molecule has 1 amide bonds. The van der Waals surface area contributed by atoms with E-state index in [1.807, 2.05) is 59.4 Å². The van der Waals surface area contributed by atoms with Crippen molar-refractivity contribution in [3.8, 4) is 22.7 Å². The Hall–Kier alpha value is -4.03. The van der Waals surface area contributed by atoms with Gasteiger partial charge < -0.3 is 15.0 Å². The minimum atomic E-state index is -0.712. The van der Waals surface area contributed by atoms with Gasteiger partial charge in [0.15, 0.2) is 0 Å². The lowest BCUT2D eigenvalue weighted by Crippen LogP contribution is -2.68. The second-order valence-corrected chi connectivity index (χ2v) is 10.7. The van der Waals surface area contributed by atoms with Gasteiger partial charge in [0.2, 0.25) is 5.91 Å². The van der Waals surface area contributed by atoms with Crippen molar-refractivity contribution in [1.82, 2.24) is 15.1 Å². The van der Waals surface area contributed by atoms with Crippen LogP contribution in [0.25, 0.3) is 23.0 Å². The smallest absolute Gasteiger partial charge is 0.223 e. The zero-order valence-corrected chi connectivity index (χ0v) is 22.4. The van der Waals surface area contributed by atoms with Crippen molar-refractivity contribution < 1.29 is 9.53 Å². The highest BCUT2D eigenvalue weighted by atomic mass is 35.5. The van der Waals surface area contributed by atoms with E-state index in [0.717, 1.165) is 28.2 Å².